The molecule has 2 N–H and O–H groups in total. The summed E-state index contributed by atoms with van der Waals surface area (Å²) in [6, 6.07) is 8.15. The molecule has 0 atom stereocenters. The Hall–Kier alpha value is -1.35. The number of amides is 1. The molecule has 2 rings (SSSR count). The molecular weight excluding hydrogens is 260 g/mol. The Labute approximate surface area is 128 Å². The van der Waals surface area contributed by atoms with Crippen LogP contribution in [0.4, 0.5) is 5.69 Å². The number of carbonyl (C=O) groups is 1. The number of anilines is 1. The lowest BCUT2D eigenvalue weighted by Gasteiger charge is -2.20. The molecule has 1 fully saturated rings. The van der Waals surface area contributed by atoms with Gasteiger partial charge in [0, 0.05) is 18.7 Å². The summed E-state index contributed by atoms with van der Waals surface area (Å²) in [5, 5.41) is 6.44. The first-order valence-electron chi connectivity index (χ1n) is 8.37. The summed E-state index contributed by atoms with van der Waals surface area (Å²) < 4.78 is 0. The molecule has 1 aromatic rings. The Morgan fingerprint density at radius 3 is 2.81 bits per heavy atom. The summed E-state index contributed by atoms with van der Waals surface area (Å²) in [6.07, 6.45) is 8.16. The average Bonchev–Trinajstić information content (AvgIpc) is 2.49. The van der Waals surface area contributed by atoms with E-state index in [1.54, 1.807) is 0 Å². The minimum Gasteiger partial charge on any atom is -0.326 e. The van der Waals surface area contributed by atoms with Gasteiger partial charge < -0.3 is 10.6 Å². The van der Waals surface area contributed by atoms with E-state index in [2.05, 4.69) is 29.7 Å². The molecule has 0 saturated heterocycles. The SMILES string of the molecule is CCCNCc1cccc(NC(=O)CC2CCCCC2)c1. The Balaban J connectivity index is 1.80. The molecule has 0 radical (unpaired) electrons. The molecule has 0 aliphatic heterocycles. The molecule has 0 spiro atoms. The van der Waals surface area contributed by atoms with Gasteiger partial charge in [0.15, 0.2) is 0 Å². The van der Waals surface area contributed by atoms with Crippen molar-refractivity contribution < 1.29 is 4.79 Å². The van der Waals surface area contributed by atoms with E-state index in [4.69, 9.17) is 0 Å². The molecule has 0 heterocycles. The van der Waals surface area contributed by atoms with Crippen molar-refractivity contribution in [2.75, 3.05) is 11.9 Å². The Kier molecular flexibility index (Phi) is 6.74. The van der Waals surface area contributed by atoms with Gasteiger partial charge in [0.05, 0.1) is 0 Å². The van der Waals surface area contributed by atoms with Crippen molar-refractivity contribution in [3.05, 3.63) is 29.8 Å². The van der Waals surface area contributed by atoms with E-state index in [-0.39, 0.29) is 5.91 Å². The van der Waals surface area contributed by atoms with Crippen molar-refractivity contribution in [3.8, 4) is 0 Å². The van der Waals surface area contributed by atoms with Gasteiger partial charge in [0.25, 0.3) is 0 Å². The molecule has 1 amide bonds. The zero-order valence-electron chi connectivity index (χ0n) is 13.2. The van der Waals surface area contributed by atoms with Gasteiger partial charge in [-0.1, -0.05) is 38.3 Å². The molecule has 0 aromatic heterocycles. The van der Waals surface area contributed by atoms with Crippen LogP contribution in [0.1, 0.15) is 57.4 Å². The average molecular weight is 288 g/mol. The van der Waals surface area contributed by atoms with Crippen molar-refractivity contribution in [3.63, 3.8) is 0 Å². The van der Waals surface area contributed by atoms with E-state index < -0.39 is 0 Å². The molecule has 1 aromatic carbocycles. The van der Waals surface area contributed by atoms with Crippen molar-refractivity contribution in [2.45, 2.75) is 58.4 Å². The predicted octanol–water partition coefficient (Wildman–Crippen LogP) is 4.10. The molecule has 0 unspecified atom stereocenters. The quantitative estimate of drug-likeness (QED) is 0.742. The second-order valence-electron chi connectivity index (χ2n) is 6.13. The third kappa shape index (κ3) is 5.88. The third-order valence-corrected chi connectivity index (χ3v) is 4.17. The molecule has 1 aliphatic rings. The first-order valence-corrected chi connectivity index (χ1v) is 8.37. The van der Waals surface area contributed by atoms with Crippen LogP contribution in [-0.4, -0.2) is 12.5 Å². The van der Waals surface area contributed by atoms with Crippen molar-refractivity contribution in [1.29, 1.82) is 0 Å². The number of hydrogen-bond donors (Lipinski definition) is 2. The minimum absolute atomic E-state index is 0.167. The summed E-state index contributed by atoms with van der Waals surface area (Å²) in [6.45, 7) is 4.05. The number of benzene rings is 1. The van der Waals surface area contributed by atoms with Gasteiger partial charge in [-0.2, -0.15) is 0 Å². The van der Waals surface area contributed by atoms with E-state index in [0.717, 1.165) is 25.2 Å². The maximum Gasteiger partial charge on any atom is 0.224 e. The Morgan fingerprint density at radius 1 is 1.24 bits per heavy atom. The van der Waals surface area contributed by atoms with Gasteiger partial charge in [0.1, 0.15) is 0 Å². The topological polar surface area (TPSA) is 41.1 Å². The monoisotopic (exact) mass is 288 g/mol. The zero-order chi connectivity index (χ0) is 14.9. The highest BCUT2D eigenvalue weighted by molar-refractivity contribution is 5.90. The standard InChI is InChI=1S/C18H28N2O/c1-2-11-19-14-16-9-6-10-17(12-16)20-18(21)13-15-7-4-3-5-8-15/h6,9-10,12,15,19H,2-5,7-8,11,13-14H2,1H3,(H,20,21). The number of nitrogens with one attached hydrogen (secondary N) is 2. The van der Waals surface area contributed by atoms with E-state index in [0.29, 0.717) is 12.3 Å². The van der Waals surface area contributed by atoms with Crippen LogP contribution in [0.5, 0.6) is 0 Å². The van der Waals surface area contributed by atoms with Gasteiger partial charge in [-0.25, -0.2) is 0 Å². The zero-order valence-corrected chi connectivity index (χ0v) is 13.2. The van der Waals surface area contributed by atoms with Crippen LogP contribution in [0.25, 0.3) is 0 Å². The van der Waals surface area contributed by atoms with Crippen LogP contribution in [0.15, 0.2) is 24.3 Å². The summed E-state index contributed by atoms with van der Waals surface area (Å²) >= 11 is 0. The summed E-state index contributed by atoms with van der Waals surface area (Å²) in [7, 11) is 0. The summed E-state index contributed by atoms with van der Waals surface area (Å²) in [4.78, 5) is 12.1. The van der Waals surface area contributed by atoms with E-state index in [9.17, 15) is 4.79 Å². The molecule has 3 nitrogen and oxygen atoms in total. The van der Waals surface area contributed by atoms with Gasteiger partial charge in [0.2, 0.25) is 5.91 Å². The van der Waals surface area contributed by atoms with Gasteiger partial charge in [-0.15, -0.1) is 0 Å². The van der Waals surface area contributed by atoms with Crippen LogP contribution < -0.4 is 10.6 Å². The number of hydrogen-bond acceptors (Lipinski definition) is 2. The molecule has 21 heavy (non-hydrogen) atoms. The minimum atomic E-state index is 0.167. The summed E-state index contributed by atoms with van der Waals surface area (Å²) in [5.41, 5.74) is 2.14. The maximum absolute atomic E-state index is 12.1. The van der Waals surface area contributed by atoms with Crippen LogP contribution in [0.2, 0.25) is 0 Å². The van der Waals surface area contributed by atoms with Crippen molar-refractivity contribution in [1.82, 2.24) is 5.32 Å². The predicted molar refractivity (Wildman–Crippen MR) is 88.3 cm³/mol. The van der Waals surface area contributed by atoms with Gasteiger partial charge in [-0.3, -0.25) is 4.79 Å². The fraction of sp³-hybridized carbons (Fsp3) is 0.611. The van der Waals surface area contributed by atoms with Crippen LogP contribution in [-0.2, 0) is 11.3 Å². The number of carbonyl (C=O) groups excluding carboxylic acids is 1. The van der Waals surface area contributed by atoms with Gasteiger partial charge >= 0.3 is 0 Å². The van der Waals surface area contributed by atoms with E-state index in [1.165, 1.54) is 37.7 Å². The van der Waals surface area contributed by atoms with Crippen molar-refractivity contribution >= 4 is 11.6 Å². The first kappa shape index (κ1) is 16.0. The van der Waals surface area contributed by atoms with Crippen LogP contribution in [0.3, 0.4) is 0 Å². The largest absolute Gasteiger partial charge is 0.326 e. The van der Waals surface area contributed by atoms with Gasteiger partial charge in [-0.05, 0) is 49.4 Å². The highest BCUT2D eigenvalue weighted by atomic mass is 16.1. The molecule has 3 heteroatoms. The molecule has 1 saturated carbocycles. The maximum atomic E-state index is 12.1. The summed E-state index contributed by atoms with van der Waals surface area (Å²) in [5.74, 6) is 0.758. The smallest absolute Gasteiger partial charge is 0.224 e. The highest BCUT2D eigenvalue weighted by Gasteiger charge is 2.17. The lowest BCUT2D eigenvalue weighted by Crippen LogP contribution is -2.18. The van der Waals surface area contributed by atoms with Crippen LogP contribution >= 0.6 is 0 Å². The highest BCUT2D eigenvalue weighted by Crippen LogP contribution is 2.26. The molecule has 0 bridgehead atoms. The lowest BCUT2D eigenvalue weighted by atomic mass is 9.87. The van der Waals surface area contributed by atoms with E-state index in [1.807, 2.05) is 12.1 Å². The normalized spacial score (nSPS) is 15.9. The second-order valence-corrected chi connectivity index (χ2v) is 6.13. The number of rotatable bonds is 7. The second kappa shape index (κ2) is 8.83. The lowest BCUT2D eigenvalue weighted by molar-refractivity contribution is -0.117. The molecular formula is C18H28N2O. The fourth-order valence-corrected chi connectivity index (χ4v) is 3.03. The molecule has 116 valence electrons. The molecule has 1 aliphatic carbocycles. The first-order chi connectivity index (χ1) is 10.3. The Morgan fingerprint density at radius 2 is 2.05 bits per heavy atom. The van der Waals surface area contributed by atoms with Crippen molar-refractivity contribution in [2.24, 2.45) is 5.92 Å². The Bertz CT molecular complexity index is 439. The van der Waals surface area contributed by atoms with Crippen LogP contribution in [0, 0.1) is 5.92 Å². The fourth-order valence-electron chi connectivity index (χ4n) is 3.03. The third-order valence-electron chi connectivity index (χ3n) is 4.17. The van der Waals surface area contributed by atoms with E-state index >= 15 is 0 Å².